The SMILES string of the molecule is c1ccc(-c2ccc(N(c3cccc4c3Oc3ccccc3-c3cc(-c5ccccc5)c5ccccc5c3-4)c3cccc4ccccc34)cc2)cc1. The number of hydrogen-bond donors (Lipinski definition) is 0. The van der Waals surface area contributed by atoms with Gasteiger partial charge in [-0.05, 0) is 80.4 Å². The fourth-order valence-corrected chi connectivity index (χ4v) is 7.87. The van der Waals surface area contributed by atoms with Crippen molar-refractivity contribution in [1.29, 1.82) is 0 Å². The molecule has 0 aromatic heterocycles. The van der Waals surface area contributed by atoms with Gasteiger partial charge >= 0.3 is 0 Å². The van der Waals surface area contributed by atoms with Crippen LogP contribution in [0.4, 0.5) is 17.1 Å². The topological polar surface area (TPSA) is 12.5 Å². The van der Waals surface area contributed by atoms with E-state index in [-0.39, 0.29) is 0 Å². The maximum absolute atomic E-state index is 7.20. The van der Waals surface area contributed by atoms with Crippen LogP contribution in [0.25, 0.3) is 66.1 Å². The first-order valence-corrected chi connectivity index (χ1v) is 17.8. The molecule has 10 rings (SSSR count). The first kappa shape index (κ1) is 30.0. The Morgan fingerprint density at radius 3 is 1.73 bits per heavy atom. The van der Waals surface area contributed by atoms with Gasteiger partial charge in [-0.3, -0.25) is 0 Å². The molecule has 9 aromatic carbocycles. The maximum Gasteiger partial charge on any atom is 0.159 e. The summed E-state index contributed by atoms with van der Waals surface area (Å²) in [6.45, 7) is 0. The Balaban J connectivity index is 1.26. The van der Waals surface area contributed by atoms with Crippen LogP contribution in [-0.2, 0) is 0 Å². The highest BCUT2D eigenvalue weighted by Gasteiger charge is 2.29. The van der Waals surface area contributed by atoms with E-state index in [0.717, 1.165) is 45.3 Å². The molecule has 2 nitrogen and oxygen atoms in total. The van der Waals surface area contributed by atoms with Crippen LogP contribution in [0.15, 0.2) is 200 Å². The van der Waals surface area contributed by atoms with E-state index in [2.05, 4.69) is 205 Å². The van der Waals surface area contributed by atoms with Crippen LogP contribution in [0, 0.1) is 0 Å². The van der Waals surface area contributed by atoms with Gasteiger partial charge in [0.25, 0.3) is 0 Å². The lowest BCUT2D eigenvalue weighted by atomic mass is 9.85. The van der Waals surface area contributed by atoms with Crippen molar-refractivity contribution in [3.63, 3.8) is 0 Å². The molecule has 52 heavy (non-hydrogen) atoms. The van der Waals surface area contributed by atoms with E-state index in [1.807, 2.05) is 0 Å². The third-order valence-corrected chi connectivity index (χ3v) is 10.3. The lowest BCUT2D eigenvalue weighted by Crippen LogP contribution is -2.12. The van der Waals surface area contributed by atoms with Crippen LogP contribution in [0.1, 0.15) is 0 Å². The predicted molar refractivity (Wildman–Crippen MR) is 218 cm³/mol. The molecule has 244 valence electrons. The van der Waals surface area contributed by atoms with Gasteiger partial charge in [-0.15, -0.1) is 0 Å². The molecule has 0 atom stereocenters. The van der Waals surface area contributed by atoms with Gasteiger partial charge in [-0.2, -0.15) is 0 Å². The molecule has 0 amide bonds. The van der Waals surface area contributed by atoms with Crippen LogP contribution in [-0.4, -0.2) is 0 Å². The van der Waals surface area contributed by atoms with E-state index in [0.29, 0.717) is 0 Å². The van der Waals surface area contributed by atoms with Gasteiger partial charge in [0.1, 0.15) is 5.75 Å². The number of nitrogens with zero attached hydrogens (tertiary/aromatic N) is 1. The number of para-hydroxylation sites is 2. The molecule has 0 radical (unpaired) electrons. The fourth-order valence-electron chi connectivity index (χ4n) is 7.87. The number of rotatable bonds is 5. The van der Waals surface area contributed by atoms with Crippen molar-refractivity contribution < 1.29 is 4.74 Å². The van der Waals surface area contributed by atoms with Crippen LogP contribution < -0.4 is 9.64 Å². The van der Waals surface area contributed by atoms with Crippen molar-refractivity contribution in [3.05, 3.63) is 200 Å². The Kier molecular flexibility index (Phi) is 7.18. The standard InChI is InChI=1S/C50H33NO/c1-3-15-34(16-4-1)35-29-31-38(32-30-35)51(46-26-13-20-36-19-7-8-21-39(36)46)47-27-14-25-43-49-42-24-10-9-22-40(42)44(37-17-5-2-6-18-37)33-45(49)41-23-11-12-28-48(41)52-50(43)47/h1-33H. The predicted octanol–water partition coefficient (Wildman–Crippen LogP) is 14.2. The molecule has 1 aliphatic rings. The number of ether oxygens (including phenoxy) is 1. The molecule has 2 heteroatoms. The molecule has 0 aliphatic carbocycles. The van der Waals surface area contributed by atoms with E-state index >= 15 is 0 Å². The Morgan fingerprint density at radius 1 is 0.346 bits per heavy atom. The van der Waals surface area contributed by atoms with Gasteiger partial charge in [0.2, 0.25) is 0 Å². The minimum Gasteiger partial charge on any atom is -0.454 e. The summed E-state index contributed by atoms with van der Waals surface area (Å²) in [5.41, 5.74) is 12.4. The molecule has 0 unspecified atom stereocenters. The largest absolute Gasteiger partial charge is 0.454 e. The van der Waals surface area contributed by atoms with Crippen LogP contribution in [0.3, 0.4) is 0 Å². The summed E-state index contributed by atoms with van der Waals surface area (Å²) in [5, 5.41) is 4.76. The van der Waals surface area contributed by atoms with Crippen molar-refractivity contribution in [1.82, 2.24) is 0 Å². The van der Waals surface area contributed by atoms with Crippen LogP contribution in [0.5, 0.6) is 11.5 Å². The van der Waals surface area contributed by atoms with Crippen molar-refractivity contribution in [2.24, 2.45) is 0 Å². The molecule has 0 fully saturated rings. The number of benzene rings is 9. The molecule has 0 saturated carbocycles. The average Bonchev–Trinajstić information content (AvgIpc) is 3.37. The summed E-state index contributed by atoms with van der Waals surface area (Å²) in [4.78, 5) is 2.37. The highest BCUT2D eigenvalue weighted by Crippen LogP contribution is 2.55. The van der Waals surface area contributed by atoms with E-state index < -0.39 is 0 Å². The summed E-state index contributed by atoms with van der Waals surface area (Å²) in [6, 6.07) is 71.5. The minimum absolute atomic E-state index is 0.825. The minimum atomic E-state index is 0.825. The molecule has 0 bridgehead atoms. The second-order valence-electron chi connectivity index (χ2n) is 13.3. The fraction of sp³-hybridized carbons (Fsp3) is 0. The van der Waals surface area contributed by atoms with Crippen LogP contribution >= 0.6 is 0 Å². The summed E-state index contributed by atoms with van der Waals surface area (Å²) >= 11 is 0. The van der Waals surface area contributed by atoms with Gasteiger partial charge in [0.05, 0.1) is 11.4 Å². The average molecular weight is 664 g/mol. The van der Waals surface area contributed by atoms with E-state index in [1.165, 1.54) is 49.4 Å². The molecular weight excluding hydrogens is 631 g/mol. The third-order valence-electron chi connectivity index (χ3n) is 10.3. The smallest absolute Gasteiger partial charge is 0.159 e. The van der Waals surface area contributed by atoms with Gasteiger partial charge in [-0.1, -0.05) is 164 Å². The Morgan fingerprint density at radius 2 is 0.923 bits per heavy atom. The first-order chi connectivity index (χ1) is 25.8. The maximum atomic E-state index is 7.20. The normalized spacial score (nSPS) is 11.6. The molecule has 1 aliphatic heterocycles. The molecule has 9 aromatic rings. The summed E-state index contributed by atoms with van der Waals surface area (Å²) in [6.07, 6.45) is 0. The molecule has 0 spiro atoms. The van der Waals surface area contributed by atoms with E-state index in [1.54, 1.807) is 0 Å². The lowest BCUT2D eigenvalue weighted by molar-refractivity contribution is 0.489. The van der Waals surface area contributed by atoms with E-state index in [4.69, 9.17) is 4.74 Å². The van der Waals surface area contributed by atoms with Gasteiger partial charge in [0, 0.05) is 27.8 Å². The van der Waals surface area contributed by atoms with Gasteiger partial charge in [0.15, 0.2) is 5.75 Å². The second-order valence-corrected chi connectivity index (χ2v) is 13.3. The van der Waals surface area contributed by atoms with E-state index in [9.17, 15) is 0 Å². The van der Waals surface area contributed by atoms with Gasteiger partial charge in [-0.25, -0.2) is 0 Å². The monoisotopic (exact) mass is 663 g/mol. The zero-order valence-corrected chi connectivity index (χ0v) is 28.4. The zero-order chi connectivity index (χ0) is 34.4. The number of fused-ring (bicyclic) bond motifs is 8. The summed E-state index contributed by atoms with van der Waals surface area (Å²) in [5.74, 6) is 1.66. The highest BCUT2D eigenvalue weighted by molar-refractivity contribution is 6.13. The Labute approximate surface area is 303 Å². The van der Waals surface area contributed by atoms with Crippen molar-refractivity contribution in [3.8, 4) is 56.0 Å². The number of anilines is 3. The summed E-state index contributed by atoms with van der Waals surface area (Å²) < 4.78 is 7.20. The quantitative estimate of drug-likeness (QED) is 0.182. The molecule has 0 N–H and O–H groups in total. The van der Waals surface area contributed by atoms with Crippen LogP contribution in [0.2, 0.25) is 0 Å². The van der Waals surface area contributed by atoms with Crippen molar-refractivity contribution in [2.75, 3.05) is 4.90 Å². The van der Waals surface area contributed by atoms with Crippen molar-refractivity contribution >= 4 is 38.6 Å². The molecule has 1 heterocycles. The molecule has 0 saturated heterocycles. The summed E-state index contributed by atoms with van der Waals surface area (Å²) in [7, 11) is 0. The van der Waals surface area contributed by atoms with Crippen molar-refractivity contribution in [2.45, 2.75) is 0 Å². The first-order valence-electron chi connectivity index (χ1n) is 17.8. The number of hydrogen-bond acceptors (Lipinski definition) is 2. The highest BCUT2D eigenvalue weighted by atomic mass is 16.5. The zero-order valence-electron chi connectivity index (χ0n) is 28.4. The van der Waals surface area contributed by atoms with Gasteiger partial charge < -0.3 is 9.64 Å². The Hall–Kier alpha value is -6.90. The second kappa shape index (κ2) is 12.5. The third kappa shape index (κ3) is 4.96. The molecular formula is C50H33NO. The Bertz CT molecular complexity index is 2750. The lowest BCUT2D eigenvalue weighted by Gasteiger charge is -2.29.